The van der Waals surface area contributed by atoms with E-state index in [0.29, 0.717) is 6.04 Å². The van der Waals surface area contributed by atoms with Crippen LogP contribution in [0.15, 0.2) is 0 Å². The Balaban J connectivity index is 1.85. The normalized spacial score (nSPS) is 29.6. The molecule has 2 heteroatoms. The summed E-state index contributed by atoms with van der Waals surface area (Å²) in [6.07, 6.45) is 8.81. The third kappa shape index (κ3) is 1.96. The first-order chi connectivity index (χ1) is 6.76. The molecular weight excluding hydrogens is 172 g/mol. The average Bonchev–Trinajstić information content (AvgIpc) is 2.67. The second-order valence-corrected chi connectivity index (χ2v) is 5.33. The summed E-state index contributed by atoms with van der Waals surface area (Å²) in [6.45, 7) is 5.65. The van der Waals surface area contributed by atoms with Crippen LogP contribution in [0.4, 0.5) is 0 Å². The maximum Gasteiger partial charge on any atom is 0.0190 e. The van der Waals surface area contributed by atoms with Crippen LogP contribution in [0.25, 0.3) is 0 Å². The van der Waals surface area contributed by atoms with Gasteiger partial charge in [-0.05, 0) is 51.1 Å². The molecule has 1 heterocycles. The molecule has 0 bridgehead atoms. The van der Waals surface area contributed by atoms with Crippen LogP contribution in [-0.4, -0.2) is 30.6 Å². The SMILES string of the molecule is CC(CN)N1CCC2(CCCC2)CC1. The minimum Gasteiger partial charge on any atom is -0.329 e. The molecule has 2 aliphatic rings. The number of rotatable bonds is 2. The Bertz CT molecular complexity index is 175. The van der Waals surface area contributed by atoms with E-state index in [1.165, 1.54) is 51.6 Å². The summed E-state index contributed by atoms with van der Waals surface area (Å²) >= 11 is 0. The molecule has 0 radical (unpaired) electrons. The lowest BCUT2D eigenvalue weighted by Gasteiger charge is -2.41. The van der Waals surface area contributed by atoms with Gasteiger partial charge in [0.1, 0.15) is 0 Å². The maximum atomic E-state index is 5.71. The number of likely N-dealkylation sites (tertiary alicyclic amines) is 1. The second-order valence-electron chi connectivity index (χ2n) is 5.33. The summed E-state index contributed by atoms with van der Waals surface area (Å²) in [5.74, 6) is 0. The van der Waals surface area contributed by atoms with Crippen LogP contribution < -0.4 is 5.73 Å². The van der Waals surface area contributed by atoms with Crippen molar-refractivity contribution >= 4 is 0 Å². The van der Waals surface area contributed by atoms with E-state index in [1.54, 1.807) is 0 Å². The highest BCUT2D eigenvalue weighted by Crippen LogP contribution is 2.46. The maximum absolute atomic E-state index is 5.71. The quantitative estimate of drug-likeness (QED) is 0.732. The Labute approximate surface area is 87.8 Å². The topological polar surface area (TPSA) is 29.3 Å². The van der Waals surface area contributed by atoms with Gasteiger partial charge in [-0.25, -0.2) is 0 Å². The molecule has 0 amide bonds. The molecule has 14 heavy (non-hydrogen) atoms. The molecule has 2 fully saturated rings. The van der Waals surface area contributed by atoms with Gasteiger partial charge in [0, 0.05) is 12.6 Å². The van der Waals surface area contributed by atoms with Crippen LogP contribution in [0, 0.1) is 5.41 Å². The number of nitrogens with two attached hydrogens (primary N) is 1. The second kappa shape index (κ2) is 4.19. The van der Waals surface area contributed by atoms with E-state index in [4.69, 9.17) is 5.73 Å². The first-order valence-electron chi connectivity index (χ1n) is 6.20. The summed E-state index contributed by atoms with van der Waals surface area (Å²) in [6, 6.07) is 0.591. The highest BCUT2D eigenvalue weighted by Gasteiger charge is 2.37. The Hall–Kier alpha value is -0.0800. The largest absolute Gasteiger partial charge is 0.329 e. The Kier molecular flexibility index (Phi) is 3.13. The number of nitrogens with zero attached hydrogens (tertiary/aromatic N) is 1. The fraction of sp³-hybridized carbons (Fsp3) is 1.00. The van der Waals surface area contributed by atoms with Crippen molar-refractivity contribution in [1.82, 2.24) is 4.90 Å². The molecule has 0 aromatic rings. The standard InChI is InChI=1S/C12H24N2/c1-11(10-13)14-8-6-12(7-9-14)4-2-3-5-12/h11H,2-10,13H2,1H3. The van der Waals surface area contributed by atoms with E-state index in [9.17, 15) is 0 Å². The zero-order chi connectivity index (χ0) is 10.0. The van der Waals surface area contributed by atoms with Gasteiger partial charge in [0.2, 0.25) is 0 Å². The van der Waals surface area contributed by atoms with Crippen molar-refractivity contribution in [1.29, 1.82) is 0 Å². The molecule has 1 spiro atoms. The van der Waals surface area contributed by atoms with Crippen molar-refractivity contribution < 1.29 is 0 Å². The van der Waals surface area contributed by atoms with E-state index in [0.717, 1.165) is 12.0 Å². The smallest absolute Gasteiger partial charge is 0.0190 e. The molecule has 82 valence electrons. The van der Waals surface area contributed by atoms with Crippen molar-refractivity contribution in [3.8, 4) is 0 Å². The monoisotopic (exact) mass is 196 g/mol. The summed E-state index contributed by atoms with van der Waals surface area (Å²) in [4.78, 5) is 2.57. The first-order valence-corrected chi connectivity index (χ1v) is 6.20. The van der Waals surface area contributed by atoms with Crippen molar-refractivity contribution in [3.05, 3.63) is 0 Å². The minimum atomic E-state index is 0.591. The zero-order valence-electron chi connectivity index (χ0n) is 9.47. The van der Waals surface area contributed by atoms with E-state index >= 15 is 0 Å². The van der Waals surface area contributed by atoms with Crippen molar-refractivity contribution in [2.75, 3.05) is 19.6 Å². The molecule has 0 aromatic heterocycles. The third-order valence-corrected chi connectivity index (χ3v) is 4.49. The zero-order valence-corrected chi connectivity index (χ0v) is 9.47. The lowest BCUT2D eigenvalue weighted by Crippen LogP contribution is -2.46. The molecule has 1 aliphatic carbocycles. The van der Waals surface area contributed by atoms with Gasteiger partial charge in [-0.2, -0.15) is 0 Å². The van der Waals surface area contributed by atoms with Crippen LogP contribution in [0.3, 0.4) is 0 Å². The summed E-state index contributed by atoms with van der Waals surface area (Å²) in [7, 11) is 0. The van der Waals surface area contributed by atoms with Crippen LogP contribution >= 0.6 is 0 Å². The Morgan fingerprint density at radius 2 is 1.71 bits per heavy atom. The fourth-order valence-electron chi connectivity index (χ4n) is 3.21. The number of hydrogen-bond acceptors (Lipinski definition) is 2. The van der Waals surface area contributed by atoms with E-state index < -0.39 is 0 Å². The lowest BCUT2D eigenvalue weighted by molar-refractivity contribution is 0.0840. The summed E-state index contributed by atoms with van der Waals surface area (Å²) in [5.41, 5.74) is 6.46. The number of hydrogen-bond donors (Lipinski definition) is 1. The molecule has 1 saturated heterocycles. The van der Waals surface area contributed by atoms with Gasteiger partial charge >= 0.3 is 0 Å². The first kappa shape index (κ1) is 10.4. The Morgan fingerprint density at radius 3 is 2.21 bits per heavy atom. The molecule has 1 aliphatic heterocycles. The predicted octanol–water partition coefficient (Wildman–Crippen LogP) is 1.99. The minimum absolute atomic E-state index is 0.591. The van der Waals surface area contributed by atoms with Crippen molar-refractivity contribution in [2.24, 2.45) is 11.1 Å². The van der Waals surface area contributed by atoms with Gasteiger partial charge in [-0.1, -0.05) is 12.8 Å². The average molecular weight is 196 g/mol. The molecule has 2 N–H and O–H groups in total. The van der Waals surface area contributed by atoms with Gasteiger partial charge in [-0.3, -0.25) is 4.90 Å². The number of piperidine rings is 1. The molecule has 1 atom stereocenters. The highest BCUT2D eigenvalue weighted by atomic mass is 15.2. The van der Waals surface area contributed by atoms with E-state index in [2.05, 4.69) is 11.8 Å². The fourth-order valence-corrected chi connectivity index (χ4v) is 3.21. The van der Waals surface area contributed by atoms with Crippen LogP contribution in [0.2, 0.25) is 0 Å². The molecule has 2 rings (SSSR count). The van der Waals surface area contributed by atoms with Gasteiger partial charge < -0.3 is 5.73 Å². The third-order valence-electron chi connectivity index (χ3n) is 4.49. The van der Waals surface area contributed by atoms with Crippen molar-refractivity contribution in [3.63, 3.8) is 0 Å². The highest BCUT2D eigenvalue weighted by molar-refractivity contribution is 4.90. The predicted molar refractivity (Wildman–Crippen MR) is 60.2 cm³/mol. The van der Waals surface area contributed by atoms with Crippen LogP contribution in [0.1, 0.15) is 45.4 Å². The molecule has 1 saturated carbocycles. The van der Waals surface area contributed by atoms with Gasteiger partial charge in [0.05, 0.1) is 0 Å². The van der Waals surface area contributed by atoms with Gasteiger partial charge in [0.15, 0.2) is 0 Å². The molecule has 1 unspecified atom stereocenters. The van der Waals surface area contributed by atoms with E-state index in [-0.39, 0.29) is 0 Å². The van der Waals surface area contributed by atoms with Gasteiger partial charge in [-0.15, -0.1) is 0 Å². The summed E-state index contributed by atoms with van der Waals surface area (Å²) in [5, 5.41) is 0. The van der Waals surface area contributed by atoms with Crippen molar-refractivity contribution in [2.45, 2.75) is 51.5 Å². The Morgan fingerprint density at radius 1 is 1.14 bits per heavy atom. The summed E-state index contributed by atoms with van der Waals surface area (Å²) < 4.78 is 0. The van der Waals surface area contributed by atoms with Crippen LogP contribution in [0.5, 0.6) is 0 Å². The molecule has 2 nitrogen and oxygen atoms in total. The molecular formula is C12H24N2. The van der Waals surface area contributed by atoms with E-state index in [1.807, 2.05) is 0 Å². The van der Waals surface area contributed by atoms with Crippen LogP contribution in [-0.2, 0) is 0 Å². The van der Waals surface area contributed by atoms with Gasteiger partial charge in [0.25, 0.3) is 0 Å². The molecule has 0 aromatic carbocycles. The lowest BCUT2D eigenvalue weighted by atomic mass is 9.77.